The van der Waals surface area contributed by atoms with Gasteiger partial charge in [0.1, 0.15) is 0 Å². The number of unbranched alkanes of at least 4 members (excludes halogenated alkanes) is 1. The normalized spacial score (nSPS) is 15.5. The molecule has 0 aliphatic rings. The minimum Gasteiger partial charge on any atom is -0.379 e. The van der Waals surface area contributed by atoms with Crippen LogP contribution in [0.3, 0.4) is 0 Å². The van der Waals surface area contributed by atoms with Gasteiger partial charge in [0.2, 0.25) is 0 Å². The molecule has 1 N–H and O–H groups in total. The summed E-state index contributed by atoms with van der Waals surface area (Å²) in [6.45, 7) is 9.74. The van der Waals surface area contributed by atoms with Gasteiger partial charge in [-0.2, -0.15) is 0 Å². The number of methoxy groups -OCH3 is 1. The van der Waals surface area contributed by atoms with E-state index in [4.69, 9.17) is 11.2 Å². The van der Waals surface area contributed by atoms with Crippen molar-refractivity contribution in [3.8, 4) is 12.3 Å². The van der Waals surface area contributed by atoms with Crippen molar-refractivity contribution in [1.82, 2.24) is 5.32 Å². The summed E-state index contributed by atoms with van der Waals surface area (Å²) in [5, 5.41) is 3.51. The molecule has 0 fully saturated rings. The Morgan fingerprint density at radius 1 is 1.38 bits per heavy atom. The number of rotatable bonds is 7. The molecule has 0 aliphatic heterocycles. The molecule has 0 heterocycles. The minimum absolute atomic E-state index is 0.151. The molecule has 0 saturated heterocycles. The van der Waals surface area contributed by atoms with Crippen molar-refractivity contribution in [2.75, 3.05) is 13.7 Å². The van der Waals surface area contributed by atoms with Gasteiger partial charge in [-0.05, 0) is 24.8 Å². The lowest BCUT2D eigenvalue weighted by Crippen LogP contribution is -2.47. The van der Waals surface area contributed by atoms with Crippen molar-refractivity contribution in [2.24, 2.45) is 5.41 Å². The Morgan fingerprint density at radius 3 is 2.38 bits per heavy atom. The topological polar surface area (TPSA) is 21.3 Å². The van der Waals surface area contributed by atoms with Crippen molar-refractivity contribution in [1.29, 1.82) is 0 Å². The van der Waals surface area contributed by atoms with Gasteiger partial charge in [-0.3, -0.25) is 0 Å². The lowest BCUT2D eigenvalue weighted by Gasteiger charge is -2.36. The molecule has 0 saturated carbocycles. The zero-order valence-electron chi connectivity index (χ0n) is 11.5. The summed E-state index contributed by atoms with van der Waals surface area (Å²) in [7, 11) is 1.79. The predicted octanol–water partition coefficient (Wildman–Crippen LogP) is 2.83. The van der Waals surface area contributed by atoms with Crippen LogP contribution in [0.4, 0.5) is 0 Å². The van der Waals surface area contributed by atoms with Crippen LogP contribution in [0.15, 0.2) is 0 Å². The highest BCUT2D eigenvalue weighted by molar-refractivity contribution is 4.88. The first-order chi connectivity index (χ1) is 7.47. The van der Waals surface area contributed by atoms with Gasteiger partial charge in [-0.25, -0.2) is 0 Å². The van der Waals surface area contributed by atoms with Crippen LogP contribution < -0.4 is 5.32 Å². The van der Waals surface area contributed by atoms with Crippen LogP contribution in [0.2, 0.25) is 0 Å². The molecule has 94 valence electrons. The lowest BCUT2D eigenvalue weighted by molar-refractivity contribution is -0.0130. The molecule has 0 aliphatic carbocycles. The van der Waals surface area contributed by atoms with E-state index in [1.54, 1.807) is 7.11 Å². The summed E-state index contributed by atoms with van der Waals surface area (Å²) in [4.78, 5) is 0. The molecule has 0 aromatic rings. The van der Waals surface area contributed by atoms with Gasteiger partial charge < -0.3 is 10.1 Å². The molecule has 2 unspecified atom stereocenters. The van der Waals surface area contributed by atoms with Crippen LogP contribution >= 0.6 is 0 Å². The minimum atomic E-state index is 0.151. The van der Waals surface area contributed by atoms with E-state index < -0.39 is 0 Å². The Balaban J connectivity index is 4.41. The van der Waals surface area contributed by atoms with Crippen LogP contribution in [0.5, 0.6) is 0 Å². The summed E-state index contributed by atoms with van der Waals surface area (Å²) in [5.74, 6) is 2.69. The summed E-state index contributed by atoms with van der Waals surface area (Å²) < 4.78 is 5.65. The number of likely N-dealkylation sites (N-methyl/N-ethyl adjacent to an activating group) is 1. The molecular formula is C14H27NO. The van der Waals surface area contributed by atoms with Crippen molar-refractivity contribution < 1.29 is 4.74 Å². The van der Waals surface area contributed by atoms with Gasteiger partial charge in [0.25, 0.3) is 0 Å². The van der Waals surface area contributed by atoms with E-state index in [-0.39, 0.29) is 11.5 Å². The van der Waals surface area contributed by atoms with E-state index in [1.165, 1.54) is 0 Å². The highest BCUT2D eigenvalue weighted by atomic mass is 16.5. The molecule has 2 atom stereocenters. The average Bonchev–Trinajstić information content (AvgIpc) is 2.17. The Labute approximate surface area is 101 Å². The standard InChI is InChI=1S/C14H27NO/c1-7-9-10-11-12(15-8-2)13(16-6)14(3,4)5/h1,12-13,15H,8-11H2,2-6H3. The Bertz CT molecular complexity index is 212. The van der Waals surface area contributed by atoms with E-state index in [9.17, 15) is 0 Å². The van der Waals surface area contributed by atoms with Crippen LogP contribution in [0.1, 0.15) is 47.0 Å². The molecule has 2 heteroatoms. The number of nitrogens with one attached hydrogen (secondary N) is 1. The molecule has 0 aromatic heterocycles. The van der Waals surface area contributed by atoms with Crippen molar-refractivity contribution in [3.63, 3.8) is 0 Å². The highest BCUT2D eigenvalue weighted by Crippen LogP contribution is 2.26. The molecule has 0 spiro atoms. The smallest absolute Gasteiger partial charge is 0.0772 e. The zero-order chi connectivity index (χ0) is 12.6. The Hall–Kier alpha value is -0.520. The van der Waals surface area contributed by atoms with Gasteiger partial charge in [-0.1, -0.05) is 27.7 Å². The first-order valence-electron chi connectivity index (χ1n) is 6.17. The van der Waals surface area contributed by atoms with E-state index >= 15 is 0 Å². The molecule has 0 aromatic carbocycles. The van der Waals surface area contributed by atoms with Gasteiger partial charge in [0.05, 0.1) is 6.10 Å². The second-order valence-corrected chi connectivity index (χ2v) is 5.28. The largest absolute Gasteiger partial charge is 0.379 e. The van der Waals surface area contributed by atoms with Crippen molar-refractivity contribution in [2.45, 2.75) is 59.1 Å². The fourth-order valence-electron chi connectivity index (χ4n) is 2.17. The highest BCUT2D eigenvalue weighted by Gasteiger charge is 2.31. The van der Waals surface area contributed by atoms with Crippen LogP contribution in [-0.2, 0) is 4.74 Å². The van der Waals surface area contributed by atoms with Gasteiger partial charge in [0.15, 0.2) is 0 Å². The van der Waals surface area contributed by atoms with Crippen LogP contribution in [-0.4, -0.2) is 25.8 Å². The molecule has 0 amide bonds. The summed E-state index contributed by atoms with van der Waals surface area (Å²) in [5.41, 5.74) is 0.151. The fraction of sp³-hybridized carbons (Fsp3) is 0.857. The summed E-state index contributed by atoms with van der Waals surface area (Å²) in [6, 6.07) is 0.392. The zero-order valence-corrected chi connectivity index (χ0v) is 11.5. The molecular weight excluding hydrogens is 198 g/mol. The summed E-state index contributed by atoms with van der Waals surface area (Å²) in [6.07, 6.45) is 8.49. The maximum atomic E-state index is 5.65. The first-order valence-corrected chi connectivity index (χ1v) is 6.17. The van der Waals surface area contributed by atoms with Crippen molar-refractivity contribution in [3.05, 3.63) is 0 Å². The van der Waals surface area contributed by atoms with Gasteiger partial charge >= 0.3 is 0 Å². The number of terminal acetylenes is 1. The molecule has 0 rings (SSSR count). The third-order valence-corrected chi connectivity index (χ3v) is 2.78. The average molecular weight is 225 g/mol. The third kappa shape index (κ3) is 5.53. The monoisotopic (exact) mass is 225 g/mol. The second kappa shape index (κ2) is 7.70. The van der Waals surface area contributed by atoms with Gasteiger partial charge in [0, 0.05) is 19.6 Å². The van der Waals surface area contributed by atoms with E-state index in [0.717, 1.165) is 25.8 Å². The molecule has 2 nitrogen and oxygen atoms in total. The molecule has 16 heavy (non-hydrogen) atoms. The first kappa shape index (κ1) is 15.5. The maximum Gasteiger partial charge on any atom is 0.0772 e. The van der Waals surface area contributed by atoms with Crippen LogP contribution in [0.25, 0.3) is 0 Å². The SMILES string of the molecule is C#CCCCC(NCC)C(OC)C(C)(C)C. The van der Waals surface area contributed by atoms with E-state index in [0.29, 0.717) is 6.04 Å². The lowest BCUT2D eigenvalue weighted by atomic mass is 9.82. The Kier molecular flexibility index (Phi) is 7.45. The predicted molar refractivity (Wildman–Crippen MR) is 70.4 cm³/mol. The number of hydrogen-bond donors (Lipinski definition) is 1. The maximum absolute atomic E-state index is 5.65. The second-order valence-electron chi connectivity index (χ2n) is 5.28. The number of hydrogen-bond acceptors (Lipinski definition) is 2. The van der Waals surface area contributed by atoms with Gasteiger partial charge in [-0.15, -0.1) is 12.3 Å². The van der Waals surface area contributed by atoms with E-state index in [1.807, 2.05) is 0 Å². The quantitative estimate of drug-likeness (QED) is 0.531. The molecule has 0 radical (unpaired) electrons. The summed E-state index contributed by atoms with van der Waals surface area (Å²) >= 11 is 0. The van der Waals surface area contributed by atoms with Crippen LogP contribution in [0, 0.1) is 17.8 Å². The molecule has 0 bridgehead atoms. The van der Waals surface area contributed by atoms with E-state index in [2.05, 4.69) is 38.9 Å². The fourth-order valence-corrected chi connectivity index (χ4v) is 2.17. The number of ether oxygens (including phenoxy) is 1. The third-order valence-electron chi connectivity index (χ3n) is 2.78. The Morgan fingerprint density at radius 2 is 2.00 bits per heavy atom. The van der Waals surface area contributed by atoms with Crippen molar-refractivity contribution >= 4 is 0 Å².